The second-order valence-corrected chi connectivity index (χ2v) is 7.86. The molecule has 3 aromatic rings. The zero-order chi connectivity index (χ0) is 20.9. The van der Waals surface area contributed by atoms with Crippen LogP contribution in [0.5, 0.6) is 0 Å². The number of rotatable bonds is 5. The molecule has 154 valence electrons. The van der Waals surface area contributed by atoms with Crippen molar-refractivity contribution in [1.29, 1.82) is 0 Å². The summed E-state index contributed by atoms with van der Waals surface area (Å²) in [6.07, 6.45) is 5.00. The summed E-state index contributed by atoms with van der Waals surface area (Å²) in [5.74, 6) is 0.152. The molecule has 30 heavy (non-hydrogen) atoms. The highest BCUT2D eigenvalue weighted by molar-refractivity contribution is 6.30. The van der Waals surface area contributed by atoms with E-state index < -0.39 is 0 Å². The van der Waals surface area contributed by atoms with Gasteiger partial charge in [-0.05, 0) is 37.1 Å². The van der Waals surface area contributed by atoms with Gasteiger partial charge in [0.15, 0.2) is 5.78 Å². The van der Waals surface area contributed by atoms with E-state index in [2.05, 4.69) is 10.4 Å². The van der Waals surface area contributed by atoms with Crippen LogP contribution in [0.3, 0.4) is 0 Å². The van der Waals surface area contributed by atoms with E-state index in [9.17, 15) is 9.59 Å². The maximum Gasteiger partial charge on any atom is 0.317 e. The molecule has 1 N–H and O–H groups in total. The van der Waals surface area contributed by atoms with Gasteiger partial charge >= 0.3 is 6.03 Å². The number of nitrogens with one attached hydrogen (secondary N) is 1. The van der Waals surface area contributed by atoms with Gasteiger partial charge in [0.05, 0.1) is 11.9 Å². The number of nitrogens with zero attached hydrogens (tertiary/aromatic N) is 3. The predicted molar refractivity (Wildman–Crippen MR) is 116 cm³/mol. The summed E-state index contributed by atoms with van der Waals surface area (Å²) in [6, 6.07) is 16.7. The topological polar surface area (TPSA) is 67.2 Å². The Hall–Kier alpha value is -3.12. The van der Waals surface area contributed by atoms with E-state index in [-0.39, 0.29) is 17.7 Å². The Morgan fingerprint density at radius 2 is 1.73 bits per heavy atom. The Morgan fingerprint density at radius 3 is 2.43 bits per heavy atom. The number of piperidine rings is 1. The molecule has 1 aliphatic rings. The monoisotopic (exact) mass is 422 g/mol. The molecule has 1 aromatic heterocycles. The average molecular weight is 423 g/mol. The molecule has 0 atom stereocenters. The summed E-state index contributed by atoms with van der Waals surface area (Å²) >= 11 is 5.92. The van der Waals surface area contributed by atoms with E-state index >= 15 is 0 Å². The minimum absolute atomic E-state index is 0.0194. The fourth-order valence-corrected chi connectivity index (χ4v) is 3.78. The minimum Gasteiger partial charge on any atom is -0.334 e. The highest BCUT2D eigenvalue weighted by atomic mass is 35.5. The van der Waals surface area contributed by atoms with Gasteiger partial charge in [-0.1, -0.05) is 41.9 Å². The molecular weight excluding hydrogens is 400 g/mol. The van der Waals surface area contributed by atoms with Crippen molar-refractivity contribution in [3.63, 3.8) is 0 Å². The van der Waals surface area contributed by atoms with Gasteiger partial charge in [0, 0.05) is 47.9 Å². The third-order valence-electron chi connectivity index (χ3n) is 5.38. The summed E-state index contributed by atoms with van der Waals surface area (Å²) in [7, 11) is 0. The third kappa shape index (κ3) is 4.71. The fourth-order valence-electron chi connectivity index (χ4n) is 3.66. The Morgan fingerprint density at radius 1 is 1.03 bits per heavy atom. The molecule has 1 saturated heterocycles. The maximum absolute atomic E-state index is 12.6. The molecule has 0 aliphatic carbocycles. The van der Waals surface area contributed by atoms with E-state index in [0.29, 0.717) is 37.5 Å². The van der Waals surface area contributed by atoms with Crippen LogP contribution in [0.2, 0.25) is 5.02 Å². The molecular formula is C23H23ClN4O2. The van der Waals surface area contributed by atoms with Crippen LogP contribution in [0.4, 0.5) is 4.79 Å². The first-order chi connectivity index (χ1) is 14.6. The lowest BCUT2D eigenvalue weighted by atomic mass is 9.89. The largest absolute Gasteiger partial charge is 0.334 e. The molecule has 0 spiro atoms. The number of likely N-dealkylation sites (tertiary alicyclic amines) is 1. The summed E-state index contributed by atoms with van der Waals surface area (Å²) in [4.78, 5) is 26.9. The van der Waals surface area contributed by atoms with Crippen molar-refractivity contribution >= 4 is 23.4 Å². The Kier molecular flexibility index (Phi) is 6.14. The highest BCUT2D eigenvalue weighted by Crippen LogP contribution is 2.22. The first-order valence-corrected chi connectivity index (χ1v) is 10.4. The van der Waals surface area contributed by atoms with Crippen LogP contribution in [0, 0.1) is 5.92 Å². The summed E-state index contributed by atoms with van der Waals surface area (Å²) in [5.41, 5.74) is 2.56. The number of hydrogen-bond donors (Lipinski definition) is 1. The number of carbonyl (C=O) groups excluding carboxylic acids is 2. The van der Waals surface area contributed by atoms with Crippen molar-refractivity contribution in [3.8, 4) is 5.69 Å². The van der Waals surface area contributed by atoms with Crippen LogP contribution < -0.4 is 5.32 Å². The van der Waals surface area contributed by atoms with Crippen LogP contribution in [-0.4, -0.2) is 39.6 Å². The zero-order valence-electron chi connectivity index (χ0n) is 16.5. The number of aromatic nitrogens is 2. The van der Waals surface area contributed by atoms with Crippen LogP contribution in [0.25, 0.3) is 5.69 Å². The lowest BCUT2D eigenvalue weighted by molar-refractivity contribution is 0.0854. The van der Waals surface area contributed by atoms with E-state index in [1.807, 2.05) is 60.8 Å². The fraction of sp³-hybridized carbons (Fsp3) is 0.261. The van der Waals surface area contributed by atoms with Crippen molar-refractivity contribution in [2.24, 2.45) is 5.92 Å². The van der Waals surface area contributed by atoms with Gasteiger partial charge in [0.2, 0.25) is 0 Å². The molecule has 0 bridgehead atoms. The van der Waals surface area contributed by atoms with Crippen LogP contribution in [0.15, 0.2) is 67.0 Å². The van der Waals surface area contributed by atoms with E-state index in [1.54, 1.807) is 15.8 Å². The van der Waals surface area contributed by atoms with Crippen LogP contribution in [0.1, 0.15) is 28.8 Å². The maximum atomic E-state index is 12.6. The summed E-state index contributed by atoms with van der Waals surface area (Å²) in [6.45, 7) is 1.56. The van der Waals surface area contributed by atoms with E-state index in [4.69, 9.17) is 11.6 Å². The van der Waals surface area contributed by atoms with Gasteiger partial charge in [-0.2, -0.15) is 5.10 Å². The summed E-state index contributed by atoms with van der Waals surface area (Å²) < 4.78 is 1.75. The SMILES string of the molecule is O=C(c1ccccc1)C1CCN(C(=O)NCc2cnn(-c3ccc(Cl)cc3)c2)CC1. The van der Waals surface area contributed by atoms with Crippen LogP contribution >= 0.6 is 11.6 Å². The molecule has 7 heteroatoms. The quantitative estimate of drug-likeness (QED) is 0.622. The third-order valence-corrected chi connectivity index (χ3v) is 5.63. The number of halogens is 1. The molecule has 6 nitrogen and oxygen atoms in total. The van der Waals surface area contributed by atoms with Gasteiger partial charge in [0.1, 0.15) is 0 Å². The van der Waals surface area contributed by atoms with E-state index in [1.165, 1.54) is 0 Å². The highest BCUT2D eigenvalue weighted by Gasteiger charge is 2.27. The molecule has 2 heterocycles. The molecule has 2 amide bonds. The molecule has 0 radical (unpaired) electrons. The lowest BCUT2D eigenvalue weighted by Crippen LogP contribution is -2.45. The number of hydrogen-bond acceptors (Lipinski definition) is 3. The van der Waals surface area contributed by atoms with Crippen molar-refractivity contribution in [2.75, 3.05) is 13.1 Å². The van der Waals surface area contributed by atoms with Crippen molar-refractivity contribution in [1.82, 2.24) is 20.0 Å². The van der Waals surface area contributed by atoms with E-state index in [0.717, 1.165) is 16.8 Å². The van der Waals surface area contributed by atoms with Gasteiger partial charge < -0.3 is 10.2 Å². The molecule has 0 saturated carbocycles. The zero-order valence-corrected chi connectivity index (χ0v) is 17.3. The number of carbonyl (C=O) groups is 2. The number of benzene rings is 2. The predicted octanol–water partition coefficient (Wildman–Crippen LogP) is 4.33. The molecule has 1 aliphatic heterocycles. The standard InChI is InChI=1S/C23H23ClN4O2/c24-20-6-8-21(9-7-20)28-16-17(15-26-28)14-25-23(30)27-12-10-19(11-13-27)22(29)18-4-2-1-3-5-18/h1-9,15-16,19H,10-14H2,(H,25,30). The van der Waals surface area contributed by atoms with Gasteiger partial charge in [-0.3, -0.25) is 4.79 Å². The van der Waals surface area contributed by atoms with Gasteiger partial charge in [-0.15, -0.1) is 0 Å². The van der Waals surface area contributed by atoms with Crippen molar-refractivity contribution in [2.45, 2.75) is 19.4 Å². The Labute approximate surface area is 180 Å². The smallest absolute Gasteiger partial charge is 0.317 e. The number of Topliss-reactive ketones (excluding diaryl/α,β-unsaturated/α-hetero) is 1. The Balaban J connectivity index is 1.26. The molecule has 2 aromatic carbocycles. The minimum atomic E-state index is -0.111. The van der Waals surface area contributed by atoms with Gasteiger partial charge in [0.25, 0.3) is 0 Å². The number of amides is 2. The van der Waals surface area contributed by atoms with Crippen molar-refractivity contribution in [3.05, 3.63) is 83.1 Å². The summed E-state index contributed by atoms with van der Waals surface area (Å²) in [5, 5.41) is 7.96. The second kappa shape index (κ2) is 9.13. The normalized spacial score (nSPS) is 14.5. The molecule has 4 rings (SSSR count). The number of urea groups is 1. The average Bonchev–Trinajstić information content (AvgIpc) is 3.27. The van der Waals surface area contributed by atoms with Gasteiger partial charge in [-0.25, -0.2) is 9.48 Å². The molecule has 1 fully saturated rings. The number of ketones is 1. The van der Waals surface area contributed by atoms with Crippen molar-refractivity contribution < 1.29 is 9.59 Å². The second-order valence-electron chi connectivity index (χ2n) is 7.42. The first-order valence-electron chi connectivity index (χ1n) is 10.0. The Bertz CT molecular complexity index is 1010. The first kappa shape index (κ1) is 20.2. The molecule has 0 unspecified atom stereocenters. The van der Waals surface area contributed by atoms with Crippen LogP contribution in [-0.2, 0) is 6.54 Å². The lowest BCUT2D eigenvalue weighted by Gasteiger charge is -2.31.